The van der Waals surface area contributed by atoms with E-state index < -0.39 is 16.8 Å². The number of hydrogen-bond donors (Lipinski definition) is 0. The zero-order valence-electron chi connectivity index (χ0n) is 66.2. The van der Waals surface area contributed by atoms with Gasteiger partial charge in [-0.25, -0.2) is 0 Å². The van der Waals surface area contributed by atoms with E-state index in [1.54, 1.807) is 27.4 Å². The average molecular weight is 1550 g/mol. The van der Waals surface area contributed by atoms with Gasteiger partial charge < -0.3 is 72.0 Å². The van der Waals surface area contributed by atoms with Gasteiger partial charge in [0.15, 0.2) is 16.8 Å². The molecule has 6 heterocycles. The van der Waals surface area contributed by atoms with Gasteiger partial charge in [0.25, 0.3) is 35.4 Å². The van der Waals surface area contributed by atoms with Crippen molar-refractivity contribution in [3.05, 3.63) is 75.3 Å². The number of amides is 6. The predicted molar refractivity (Wildman–Crippen MR) is 422 cm³/mol. The van der Waals surface area contributed by atoms with Crippen LogP contribution in [-0.2, 0) is 49.2 Å². The zero-order valence-corrected chi connectivity index (χ0v) is 67.8. The summed E-state index contributed by atoms with van der Waals surface area (Å²) in [6, 6.07) is 12.6. The van der Waals surface area contributed by atoms with Crippen molar-refractivity contribution in [3.63, 3.8) is 0 Å². The molecule has 3 aromatic rings. The molecule has 3 spiro atoms. The molecule has 3 aliphatic carbocycles. The molecule has 6 amide bonds. The van der Waals surface area contributed by atoms with E-state index in [4.69, 9.17) is 42.6 Å². The van der Waals surface area contributed by atoms with Gasteiger partial charge in [0.05, 0.1) is 62.3 Å². The highest BCUT2D eigenvalue weighted by molar-refractivity contribution is 9.10. The van der Waals surface area contributed by atoms with Crippen LogP contribution in [-0.4, -0.2) is 204 Å². The summed E-state index contributed by atoms with van der Waals surface area (Å²) in [4.78, 5) is 95.2. The minimum Gasteiger partial charge on any atom is -0.475 e. The molecule has 0 atom stereocenters. The minimum absolute atomic E-state index is 0.00716. The highest BCUT2D eigenvalue weighted by atomic mass is 79.9. The molecular weight excluding hydrogens is 1420 g/mol. The van der Waals surface area contributed by atoms with E-state index in [0.717, 1.165) is 126 Å². The molecular formula is C85H125BrN6O15. The standard InChI is InChI=1S/C29H44N2O5.C29H42N2O5.C27H39BrN2O5/c2*1-5-22-19-26-25(20-24(22)27(32)31(21(2)3)23-11-7-6-8-12-23)30(15-9-10-16-34-4)28(33)29(36-26)13-17-35-18-14-29;1-19(2)30(20-9-5-4-6-10-20)25(31)21-17-23-24(18-22(21)28)35-27(11-15-34-16-12-27)26(32)29(23)13-7-8-14-33-3/h19-21,23H,5-18H2,1-4H3;5,19-21,23H,1,6-18H2,2-4H3;17-20H,4-16H2,1-3H3. The summed E-state index contributed by atoms with van der Waals surface area (Å²) in [5.41, 5.74) is 3.00. The van der Waals surface area contributed by atoms with Crippen molar-refractivity contribution in [2.75, 3.05) is 115 Å². The quantitative estimate of drug-likeness (QED) is 0.0686. The van der Waals surface area contributed by atoms with Crippen molar-refractivity contribution in [3.8, 4) is 17.2 Å². The zero-order chi connectivity index (χ0) is 76.4. The molecule has 12 rings (SSSR count). The Labute approximate surface area is 646 Å². The lowest BCUT2D eigenvalue weighted by Crippen LogP contribution is -2.59. The van der Waals surface area contributed by atoms with E-state index >= 15 is 0 Å². The van der Waals surface area contributed by atoms with Gasteiger partial charge >= 0.3 is 0 Å². The third-order valence-electron chi connectivity index (χ3n) is 23.5. The van der Waals surface area contributed by atoms with E-state index in [1.165, 1.54) is 32.1 Å². The fraction of sp³-hybridized carbons (Fsp3) is 0.694. The Kier molecular flexibility index (Phi) is 30.5. The van der Waals surface area contributed by atoms with Crippen LogP contribution < -0.4 is 28.9 Å². The van der Waals surface area contributed by atoms with Crippen molar-refractivity contribution in [2.45, 2.75) is 281 Å². The van der Waals surface area contributed by atoms with Gasteiger partial charge in [-0.3, -0.25) is 28.8 Å². The largest absolute Gasteiger partial charge is 0.475 e. The van der Waals surface area contributed by atoms with Crippen LogP contribution in [0.3, 0.4) is 0 Å². The van der Waals surface area contributed by atoms with E-state index in [9.17, 15) is 28.8 Å². The number of nitrogens with zero attached hydrogens (tertiary/aromatic N) is 6. The second-order valence-electron chi connectivity index (χ2n) is 31.6. The summed E-state index contributed by atoms with van der Waals surface area (Å²) in [6.07, 6.45) is 27.7. The molecule has 3 saturated heterocycles. The minimum atomic E-state index is -0.914. The molecule has 0 radical (unpaired) electrons. The van der Waals surface area contributed by atoms with Crippen LogP contribution in [0.25, 0.3) is 6.08 Å². The van der Waals surface area contributed by atoms with Crippen LogP contribution in [0, 0.1) is 0 Å². The Balaban J connectivity index is 0.000000172. The maximum Gasteiger partial charge on any atom is 0.271 e. The molecule has 9 aliphatic rings. The first kappa shape index (κ1) is 83.3. The van der Waals surface area contributed by atoms with E-state index in [1.807, 2.05) is 60.9 Å². The second-order valence-corrected chi connectivity index (χ2v) is 32.5. The Hall–Kier alpha value is -6.14. The number of fused-ring (bicyclic) bond motifs is 3. The molecule has 592 valence electrons. The highest BCUT2D eigenvalue weighted by Gasteiger charge is 2.53. The molecule has 3 saturated carbocycles. The van der Waals surface area contributed by atoms with Crippen LogP contribution in [0.15, 0.2) is 47.4 Å². The number of carbonyl (C=O) groups excluding carboxylic acids is 6. The van der Waals surface area contributed by atoms with Crippen LogP contribution in [0.1, 0.15) is 264 Å². The summed E-state index contributed by atoms with van der Waals surface area (Å²) < 4.78 is 52.4. The van der Waals surface area contributed by atoms with Crippen LogP contribution in [0.2, 0.25) is 0 Å². The van der Waals surface area contributed by atoms with E-state index in [2.05, 4.69) is 75.9 Å². The topological polar surface area (TPSA) is 205 Å². The molecule has 0 N–H and O–H groups in total. The number of rotatable bonds is 26. The summed E-state index contributed by atoms with van der Waals surface area (Å²) in [7, 11) is 5.07. The lowest BCUT2D eigenvalue weighted by Gasteiger charge is -2.45. The van der Waals surface area contributed by atoms with Crippen LogP contribution >= 0.6 is 15.9 Å². The monoisotopic (exact) mass is 1550 g/mol. The first-order valence-electron chi connectivity index (χ1n) is 40.7. The average Bonchev–Trinajstić information content (AvgIpc) is 0.739. The molecule has 6 fully saturated rings. The molecule has 3 aromatic carbocycles. The molecule has 22 heteroatoms. The maximum absolute atomic E-state index is 14.1. The Morgan fingerprint density at radius 1 is 0.467 bits per heavy atom. The SMILES string of the molecule is C=Cc1cc2c(cc1C(=O)N(C(C)C)C1CCCCC1)N(CCCCOC)C(=O)C1(CCOCC1)O2.CCc1cc2c(cc1C(=O)N(C(C)C)C1CCCCC1)N(CCCCOC)C(=O)C1(CCOCC1)O2.COCCCCN1C(=O)C2(CCOCC2)Oc2cc(Br)c(C(=O)N(C(C)C)C3CCCCC3)cc21. The fourth-order valence-corrected chi connectivity index (χ4v) is 18.2. The van der Waals surface area contributed by atoms with E-state index in [-0.39, 0.29) is 71.7 Å². The van der Waals surface area contributed by atoms with Crippen molar-refractivity contribution < 1.29 is 71.4 Å². The maximum atomic E-state index is 14.1. The van der Waals surface area contributed by atoms with Gasteiger partial charge in [-0.05, 0) is 188 Å². The van der Waals surface area contributed by atoms with Gasteiger partial charge in [0.1, 0.15) is 17.2 Å². The summed E-state index contributed by atoms with van der Waals surface area (Å²) in [5, 5.41) is 0. The molecule has 107 heavy (non-hydrogen) atoms. The van der Waals surface area contributed by atoms with Gasteiger partial charge in [0.2, 0.25) is 0 Å². The van der Waals surface area contributed by atoms with Crippen molar-refractivity contribution in [1.82, 2.24) is 14.7 Å². The smallest absolute Gasteiger partial charge is 0.271 e. The molecule has 21 nitrogen and oxygen atoms in total. The molecule has 0 aromatic heterocycles. The molecule has 0 bridgehead atoms. The summed E-state index contributed by atoms with van der Waals surface area (Å²) in [5.74, 6) is 2.03. The number of carbonyl (C=O) groups is 6. The number of aryl methyl sites for hydroxylation is 1. The first-order valence-corrected chi connectivity index (χ1v) is 41.5. The number of methoxy groups -OCH3 is 3. The van der Waals surface area contributed by atoms with Crippen molar-refractivity contribution in [1.29, 1.82) is 0 Å². The lowest BCUT2D eigenvalue weighted by molar-refractivity contribution is -0.144. The van der Waals surface area contributed by atoms with Crippen LogP contribution in [0.5, 0.6) is 17.2 Å². The number of hydrogen-bond acceptors (Lipinski definition) is 15. The number of ether oxygens (including phenoxy) is 9. The number of halogens is 1. The number of benzene rings is 3. The first-order chi connectivity index (χ1) is 51.7. The number of unbranched alkanes of at least 4 members (excludes halogenated alkanes) is 3. The molecule has 6 aliphatic heterocycles. The predicted octanol–water partition coefficient (Wildman–Crippen LogP) is 15.7. The highest BCUT2D eigenvalue weighted by Crippen LogP contribution is 2.49. The van der Waals surface area contributed by atoms with Crippen LogP contribution in [0.4, 0.5) is 17.1 Å². The second kappa shape index (κ2) is 39.2. The van der Waals surface area contributed by atoms with Gasteiger partial charge in [-0.1, -0.05) is 77.4 Å². The number of anilines is 3. The van der Waals surface area contributed by atoms with Gasteiger partial charge in [0, 0.05) is 151 Å². The van der Waals surface area contributed by atoms with Crippen molar-refractivity contribution in [2.24, 2.45) is 0 Å². The Morgan fingerprint density at radius 2 is 0.776 bits per heavy atom. The van der Waals surface area contributed by atoms with E-state index in [0.29, 0.717) is 167 Å². The lowest BCUT2D eigenvalue weighted by atomic mass is 9.89. The third-order valence-corrected chi connectivity index (χ3v) is 24.1. The Morgan fingerprint density at radius 3 is 1.10 bits per heavy atom. The van der Waals surface area contributed by atoms with Crippen molar-refractivity contribution >= 4 is 74.5 Å². The molecule has 0 unspecified atom stereocenters. The Bertz CT molecular complexity index is 3490. The fourth-order valence-electron chi connectivity index (χ4n) is 17.7. The normalized spacial score (nSPS) is 19.9. The van der Waals surface area contributed by atoms with Gasteiger partial charge in [-0.2, -0.15) is 0 Å². The third kappa shape index (κ3) is 19.3. The summed E-state index contributed by atoms with van der Waals surface area (Å²) >= 11 is 3.67. The van der Waals surface area contributed by atoms with Gasteiger partial charge in [-0.15, -0.1) is 0 Å². The summed E-state index contributed by atoms with van der Waals surface area (Å²) in [6.45, 7) is 25.3.